The summed E-state index contributed by atoms with van der Waals surface area (Å²) in [6, 6.07) is 5.60. The third-order valence-electron chi connectivity index (χ3n) is 3.71. The Morgan fingerprint density at radius 1 is 1.25 bits per heavy atom. The number of carboxylic acids is 1. The van der Waals surface area contributed by atoms with Crippen molar-refractivity contribution in [2.24, 2.45) is 5.92 Å². The Morgan fingerprint density at radius 2 is 1.96 bits per heavy atom. The summed E-state index contributed by atoms with van der Waals surface area (Å²) < 4.78 is 31.7. The van der Waals surface area contributed by atoms with Crippen LogP contribution in [0.5, 0.6) is 0 Å². The van der Waals surface area contributed by atoms with Gasteiger partial charge in [0.05, 0.1) is 11.1 Å². The highest BCUT2D eigenvalue weighted by Crippen LogP contribution is 2.31. The summed E-state index contributed by atoms with van der Waals surface area (Å²) in [6.45, 7) is 0. The Morgan fingerprint density at radius 3 is 2.54 bits per heavy atom. The first-order chi connectivity index (χ1) is 13.3. The van der Waals surface area contributed by atoms with Crippen molar-refractivity contribution in [3.05, 3.63) is 30.6 Å². The van der Waals surface area contributed by atoms with Gasteiger partial charge in [-0.05, 0) is 31.0 Å². The molecule has 0 saturated heterocycles. The Hall–Kier alpha value is -3.57. The van der Waals surface area contributed by atoms with E-state index in [4.69, 9.17) is 9.90 Å². The number of carboxylic acid groups (broad SMARTS) is 1. The number of alkyl halides is 3. The molecule has 12 heteroatoms. The molecule has 3 aromatic rings. The van der Waals surface area contributed by atoms with Crippen LogP contribution in [0.25, 0.3) is 22.3 Å². The van der Waals surface area contributed by atoms with Crippen LogP contribution in [-0.2, 0) is 9.59 Å². The summed E-state index contributed by atoms with van der Waals surface area (Å²) in [5, 5.41) is 25.8. The highest BCUT2D eigenvalue weighted by Gasteiger charge is 2.38. The number of halogens is 3. The van der Waals surface area contributed by atoms with Gasteiger partial charge in [-0.1, -0.05) is 0 Å². The summed E-state index contributed by atoms with van der Waals surface area (Å²) in [5.74, 6) is -2.11. The highest BCUT2D eigenvalue weighted by molar-refractivity contribution is 6.00. The fourth-order valence-electron chi connectivity index (χ4n) is 2.14. The number of carbonyl (C=O) groups excluding carboxylic acids is 1. The quantitative estimate of drug-likeness (QED) is 0.621. The predicted octanol–water partition coefficient (Wildman–Crippen LogP) is 2.40. The molecule has 4 rings (SSSR count). The molecular weight excluding hydrogens is 381 g/mol. The minimum Gasteiger partial charge on any atom is -0.475 e. The molecule has 1 amide bonds. The maximum Gasteiger partial charge on any atom is 0.490 e. The van der Waals surface area contributed by atoms with Crippen molar-refractivity contribution >= 4 is 28.7 Å². The third kappa shape index (κ3) is 4.58. The van der Waals surface area contributed by atoms with Gasteiger partial charge in [0.15, 0.2) is 11.5 Å². The molecule has 3 heterocycles. The van der Waals surface area contributed by atoms with Crippen LogP contribution < -0.4 is 5.32 Å². The van der Waals surface area contributed by atoms with Crippen molar-refractivity contribution in [1.82, 2.24) is 25.4 Å². The second-order valence-corrected chi connectivity index (χ2v) is 5.87. The average Bonchev–Trinajstić information content (AvgIpc) is 3.45. The van der Waals surface area contributed by atoms with Crippen LogP contribution in [0.1, 0.15) is 12.8 Å². The van der Waals surface area contributed by atoms with Gasteiger partial charge in [-0.2, -0.15) is 18.3 Å². The van der Waals surface area contributed by atoms with E-state index in [2.05, 4.69) is 30.7 Å². The molecule has 1 saturated carbocycles. The summed E-state index contributed by atoms with van der Waals surface area (Å²) in [5.41, 5.74) is 2.11. The number of aromatic amines is 1. The molecule has 0 aliphatic heterocycles. The number of rotatable bonds is 3. The van der Waals surface area contributed by atoms with E-state index >= 15 is 0 Å². The lowest BCUT2D eigenvalue weighted by atomic mass is 10.2. The molecule has 28 heavy (non-hydrogen) atoms. The number of fused-ring (bicyclic) bond motifs is 1. The Balaban J connectivity index is 0.000000279. The van der Waals surface area contributed by atoms with Crippen LogP contribution in [0.3, 0.4) is 0 Å². The summed E-state index contributed by atoms with van der Waals surface area (Å²) in [7, 11) is 0. The smallest absolute Gasteiger partial charge is 0.475 e. The molecule has 9 nitrogen and oxygen atoms in total. The average molecular weight is 394 g/mol. The second-order valence-electron chi connectivity index (χ2n) is 5.87. The number of pyridine rings is 1. The number of amides is 1. The summed E-state index contributed by atoms with van der Waals surface area (Å²) in [4.78, 5) is 24.8. The fourth-order valence-corrected chi connectivity index (χ4v) is 2.14. The normalized spacial score (nSPS) is 13.5. The predicted molar refractivity (Wildman–Crippen MR) is 90.0 cm³/mol. The van der Waals surface area contributed by atoms with Crippen LogP contribution in [0.2, 0.25) is 0 Å². The first-order valence-corrected chi connectivity index (χ1v) is 7.99. The number of nitrogens with zero attached hydrogens (tertiary/aromatic N) is 4. The number of aromatic nitrogens is 5. The van der Waals surface area contributed by atoms with Crippen LogP contribution in [0.15, 0.2) is 30.6 Å². The van der Waals surface area contributed by atoms with Crippen LogP contribution in [0.4, 0.5) is 19.0 Å². The Kier molecular flexibility index (Phi) is 5.20. The number of anilines is 1. The van der Waals surface area contributed by atoms with E-state index < -0.39 is 12.1 Å². The van der Waals surface area contributed by atoms with Gasteiger partial charge in [-0.3, -0.25) is 14.9 Å². The highest BCUT2D eigenvalue weighted by atomic mass is 19.4. The molecule has 0 spiro atoms. The van der Waals surface area contributed by atoms with E-state index in [0.717, 1.165) is 23.8 Å². The lowest BCUT2D eigenvalue weighted by Gasteiger charge is -2.01. The Bertz CT molecular complexity index is 1000. The largest absolute Gasteiger partial charge is 0.490 e. The molecule has 0 unspecified atom stereocenters. The van der Waals surface area contributed by atoms with Gasteiger partial charge in [0.25, 0.3) is 0 Å². The lowest BCUT2D eigenvalue weighted by Crippen LogP contribution is -2.21. The minimum atomic E-state index is -5.08. The van der Waals surface area contributed by atoms with Crippen molar-refractivity contribution in [3.8, 4) is 11.3 Å². The van der Waals surface area contributed by atoms with Gasteiger partial charge in [-0.25, -0.2) is 4.79 Å². The third-order valence-corrected chi connectivity index (χ3v) is 3.71. The van der Waals surface area contributed by atoms with Gasteiger partial charge >= 0.3 is 12.1 Å². The van der Waals surface area contributed by atoms with Crippen molar-refractivity contribution in [2.75, 3.05) is 5.32 Å². The SMILES string of the molecule is O=C(Nc1n[nH]c2nnc(-c3cccnc3)cc12)C1CC1.O=C(O)C(F)(F)F. The van der Waals surface area contributed by atoms with Crippen molar-refractivity contribution in [1.29, 1.82) is 0 Å². The van der Waals surface area contributed by atoms with E-state index in [1.165, 1.54) is 0 Å². The topological polar surface area (TPSA) is 134 Å². The number of hydrogen-bond acceptors (Lipinski definition) is 6. The molecule has 0 bridgehead atoms. The zero-order valence-corrected chi connectivity index (χ0v) is 14.1. The molecule has 146 valence electrons. The summed E-state index contributed by atoms with van der Waals surface area (Å²) >= 11 is 0. The lowest BCUT2D eigenvalue weighted by molar-refractivity contribution is -0.192. The number of H-pyrrole nitrogens is 1. The Labute approximate surface area is 155 Å². The van der Waals surface area contributed by atoms with Crippen molar-refractivity contribution < 1.29 is 27.9 Å². The van der Waals surface area contributed by atoms with Gasteiger partial charge in [0, 0.05) is 23.9 Å². The standard InChI is InChI=1S/C14H12N6O.C2HF3O2/c21-14(8-3-4-8)16-12-10-6-11(9-2-1-5-15-7-9)17-19-13(10)20-18-12;3-2(4,5)1(6)7/h1-2,5-8H,3-4H2,(H2,16,18,19,20,21);(H,6,7). The van der Waals surface area contributed by atoms with Crippen LogP contribution in [-0.4, -0.2) is 48.5 Å². The van der Waals surface area contributed by atoms with E-state index in [1.807, 2.05) is 18.2 Å². The number of nitrogens with one attached hydrogen (secondary N) is 2. The first kappa shape index (κ1) is 19.2. The molecule has 3 aromatic heterocycles. The molecule has 0 aromatic carbocycles. The van der Waals surface area contributed by atoms with E-state index in [1.54, 1.807) is 12.4 Å². The summed E-state index contributed by atoms with van der Waals surface area (Å²) in [6.07, 6.45) is 0.247. The fraction of sp³-hybridized carbons (Fsp3) is 0.250. The minimum absolute atomic E-state index is 0.0168. The number of carbonyl (C=O) groups is 2. The van der Waals surface area contributed by atoms with Crippen LogP contribution >= 0.6 is 0 Å². The van der Waals surface area contributed by atoms with E-state index in [9.17, 15) is 18.0 Å². The first-order valence-electron chi connectivity index (χ1n) is 7.99. The van der Waals surface area contributed by atoms with Gasteiger partial charge in [0.2, 0.25) is 5.91 Å². The number of hydrogen-bond donors (Lipinski definition) is 3. The zero-order valence-electron chi connectivity index (χ0n) is 14.1. The maximum atomic E-state index is 11.9. The van der Waals surface area contributed by atoms with Gasteiger partial charge in [-0.15, -0.1) is 10.2 Å². The van der Waals surface area contributed by atoms with Crippen LogP contribution in [0, 0.1) is 5.92 Å². The maximum absolute atomic E-state index is 11.9. The zero-order chi connectivity index (χ0) is 20.3. The molecule has 0 atom stereocenters. The van der Waals surface area contributed by atoms with Crippen molar-refractivity contribution in [2.45, 2.75) is 19.0 Å². The molecule has 3 N–H and O–H groups in total. The van der Waals surface area contributed by atoms with E-state index in [-0.39, 0.29) is 11.8 Å². The van der Waals surface area contributed by atoms with E-state index in [0.29, 0.717) is 17.2 Å². The monoisotopic (exact) mass is 394 g/mol. The molecule has 1 aliphatic carbocycles. The second kappa shape index (κ2) is 7.58. The molecule has 1 fully saturated rings. The molecule has 0 radical (unpaired) electrons. The van der Waals surface area contributed by atoms with Crippen molar-refractivity contribution in [3.63, 3.8) is 0 Å². The molecule has 1 aliphatic rings. The molecular formula is C16H13F3N6O3. The van der Waals surface area contributed by atoms with Gasteiger partial charge < -0.3 is 10.4 Å². The number of aliphatic carboxylic acids is 1. The van der Waals surface area contributed by atoms with Gasteiger partial charge in [0.1, 0.15) is 0 Å².